The van der Waals surface area contributed by atoms with E-state index in [1.807, 2.05) is 6.92 Å². The van der Waals surface area contributed by atoms with Crippen molar-refractivity contribution in [1.82, 2.24) is 20.4 Å². The van der Waals surface area contributed by atoms with Crippen LogP contribution < -0.4 is 5.32 Å². The lowest BCUT2D eigenvalue weighted by molar-refractivity contribution is 0.0921. The van der Waals surface area contributed by atoms with Crippen LogP contribution in [0.2, 0.25) is 0 Å². The molecule has 2 heterocycles. The van der Waals surface area contributed by atoms with Crippen LogP contribution in [0.5, 0.6) is 0 Å². The number of rotatable bonds is 5. The first-order valence-electron chi connectivity index (χ1n) is 8.66. The second-order valence-corrected chi connectivity index (χ2v) is 6.57. The zero-order valence-electron chi connectivity index (χ0n) is 14.6. The fourth-order valence-corrected chi connectivity index (χ4v) is 3.13. The number of carbonyl (C=O) groups is 1. The van der Waals surface area contributed by atoms with Gasteiger partial charge in [-0.15, -0.1) is 0 Å². The summed E-state index contributed by atoms with van der Waals surface area (Å²) in [7, 11) is 0. The lowest BCUT2D eigenvalue weighted by atomic mass is 10.1. The van der Waals surface area contributed by atoms with Gasteiger partial charge in [0, 0.05) is 25.1 Å². The minimum Gasteiger partial charge on any atom is -0.348 e. The number of benzene rings is 1. The number of nitrogens with one attached hydrogen (secondary N) is 1. The maximum atomic E-state index is 14.3. The summed E-state index contributed by atoms with van der Waals surface area (Å²) in [6, 6.07) is 4.30. The molecule has 7 heteroatoms. The van der Waals surface area contributed by atoms with Crippen molar-refractivity contribution in [2.24, 2.45) is 0 Å². The number of hydrogen-bond donors (Lipinski definition) is 1. The Kier molecular flexibility index (Phi) is 5.43. The first-order chi connectivity index (χ1) is 12.0. The molecule has 0 spiro atoms. The number of amides is 1. The van der Waals surface area contributed by atoms with Gasteiger partial charge in [0.2, 0.25) is 11.7 Å². The van der Waals surface area contributed by atoms with Crippen molar-refractivity contribution in [2.45, 2.75) is 39.2 Å². The van der Waals surface area contributed by atoms with Crippen LogP contribution in [0.15, 0.2) is 22.7 Å². The maximum Gasteiger partial charge on any atom is 0.254 e. The molecular formula is C18H23FN4O2. The third-order valence-corrected chi connectivity index (χ3v) is 4.36. The Morgan fingerprint density at radius 3 is 2.76 bits per heavy atom. The molecule has 1 aromatic carbocycles. The van der Waals surface area contributed by atoms with Crippen LogP contribution in [0, 0.1) is 12.7 Å². The largest absolute Gasteiger partial charge is 0.348 e. The first-order valence-corrected chi connectivity index (χ1v) is 8.66. The highest BCUT2D eigenvalue weighted by molar-refractivity contribution is 5.95. The standard InChI is InChI=1S/C18H23FN4O2/c1-12(11-23-8-4-3-5-9-23)20-18(24)15-7-6-14(10-16(15)19)17-21-13(2)25-22-17/h6-7,10,12H,3-5,8-9,11H2,1-2H3,(H,20,24)/t12-/m1/s1. The number of hydrogen-bond acceptors (Lipinski definition) is 5. The molecule has 1 aliphatic rings. The second kappa shape index (κ2) is 7.74. The molecule has 1 atom stereocenters. The molecule has 1 saturated heterocycles. The third-order valence-electron chi connectivity index (χ3n) is 4.36. The summed E-state index contributed by atoms with van der Waals surface area (Å²) in [4.78, 5) is 18.7. The molecule has 0 saturated carbocycles. The number of aromatic nitrogens is 2. The molecular weight excluding hydrogens is 323 g/mol. The Bertz CT molecular complexity index is 740. The van der Waals surface area contributed by atoms with Gasteiger partial charge in [-0.25, -0.2) is 4.39 Å². The second-order valence-electron chi connectivity index (χ2n) is 6.57. The van der Waals surface area contributed by atoms with E-state index in [0.717, 1.165) is 19.6 Å². The van der Waals surface area contributed by atoms with Crippen molar-refractivity contribution in [3.8, 4) is 11.4 Å². The summed E-state index contributed by atoms with van der Waals surface area (Å²) in [6.07, 6.45) is 3.67. The molecule has 0 radical (unpaired) electrons. The zero-order chi connectivity index (χ0) is 17.8. The summed E-state index contributed by atoms with van der Waals surface area (Å²) in [5.41, 5.74) is 0.502. The number of aryl methyl sites for hydroxylation is 1. The molecule has 2 aromatic rings. The summed E-state index contributed by atoms with van der Waals surface area (Å²) >= 11 is 0. The van der Waals surface area contributed by atoms with E-state index in [4.69, 9.17) is 4.52 Å². The average molecular weight is 346 g/mol. The zero-order valence-corrected chi connectivity index (χ0v) is 14.6. The number of halogens is 1. The van der Waals surface area contributed by atoms with Crippen LogP contribution in [0.1, 0.15) is 42.4 Å². The Balaban J connectivity index is 1.63. The third kappa shape index (κ3) is 4.42. The van der Waals surface area contributed by atoms with Crippen molar-refractivity contribution in [3.63, 3.8) is 0 Å². The highest BCUT2D eigenvalue weighted by Crippen LogP contribution is 2.19. The van der Waals surface area contributed by atoms with Crippen molar-refractivity contribution >= 4 is 5.91 Å². The van der Waals surface area contributed by atoms with Gasteiger partial charge in [-0.05, 0) is 45.0 Å². The first kappa shape index (κ1) is 17.5. The molecule has 0 bridgehead atoms. The van der Waals surface area contributed by atoms with E-state index in [1.165, 1.54) is 31.4 Å². The van der Waals surface area contributed by atoms with Gasteiger partial charge in [-0.1, -0.05) is 17.6 Å². The van der Waals surface area contributed by atoms with Crippen LogP contribution in [0.25, 0.3) is 11.4 Å². The van der Waals surface area contributed by atoms with Gasteiger partial charge in [0.25, 0.3) is 5.91 Å². The van der Waals surface area contributed by atoms with Crippen LogP contribution in [0.3, 0.4) is 0 Å². The van der Waals surface area contributed by atoms with E-state index >= 15 is 0 Å². The topological polar surface area (TPSA) is 71.3 Å². The lowest BCUT2D eigenvalue weighted by Gasteiger charge is -2.29. The van der Waals surface area contributed by atoms with E-state index in [-0.39, 0.29) is 11.6 Å². The number of likely N-dealkylation sites (tertiary alicyclic amines) is 1. The van der Waals surface area contributed by atoms with Crippen molar-refractivity contribution in [2.75, 3.05) is 19.6 Å². The molecule has 1 aromatic heterocycles. The van der Waals surface area contributed by atoms with Crippen molar-refractivity contribution in [3.05, 3.63) is 35.5 Å². The molecule has 1 aliphatic heterocycles. The Hall–Kier alpha value is -2.28. The predicted molar refractivity (Wildman–Crippen MR) is 91.6 cm³/mol. The van der Waals surface area contributed by atoms with E-state index in [0.29, 0.717) is 17.3 Å². The molecule has 1 N–H and O–H groups in total. The molecule has 6 nitrogen and oxygen atoms in total. The summed E-state index contributed by atoms with van der Waals surface area (Å²) in [5.74, 6) is -0.286. The summed E-state index contributed by atoms with van der Waals surface area (Å²) in [5, 5.41) is 6.63. The predicted octanol–water partition coefficient (Wildman–Crippen LogP) is 2.79. The van der Waals surface area contributed by atoms with E-state index in [9.17, 15) is 9.18 Å². The molecule has 134 valence electrons. The van der Waals surface area contributed by atoms with Gasteiger partial charge in [0.15, 0.2) is 0 Å². The van der Waals surface area contributed by atoms with Gasteiger partial charge in [-0.2, -0.15) is 4.98 Å². The number of carbonyl (C=O) groups excluding carboxylic acids is 1. The van der Waals surface area contributed by atoms with Crippen LogP contribution in [0.4, 0.5) is 4.39 Å². The monoisotopic (exact) mass is 346 g/mol. The normalized spacial score (nSPS) is 16.6. The fraction of sp³-hybridized carbons (Fsp3) is 0.500. The van der Waals surface area contributed by atoms with Gasteiger partial charge in [0.05, 0.1) is 5.56 Å². The van der Waals surface area contributed by atoms with Gasteiger partial charge < -0.3 is 14.7 Å². The highest BCUT2D eigenvalue weighted by Gasteiger charge is 2.18. The molecule has 3 rings (SSSR count). The van der Waals surface area contributed by atoms with Crippen LogP contribution in [-0.4, -0.2) is 46.6 Å². The van der Waals surface area contributed by atoms with Crippen molar-refractivity contribution < 1.29 is 13.7 Å². The maximum absolute atomic E-state index is 14.3. The van der Waals surface area contributed by atoms with Crippen LogP contribution >= 0.6 is 0 Å². The minimum atomic E-state index is -0.595. The Labute approximate surface area is 146 Å². The van der Waals surface area contributed by atoms with Gasteiger partial charge in [-0.3, -0.25) is 4.79 Å². The van der Waals surface area contributed by atoms with E-state index < -0.39 is 11.7 Å². The van der Waals surface area contributed by atoms with Gasteiger partial charge in [0.1, 0.15) is 5.82 Å². The van der Waals surface area contributed by atoms with E-state index in [1.54, 1.807) is 13.0 Å². The van der Waals surface area contributed by atoms with Crippen molar-refractivity contribution in [1.29, 1.82) is 0 Å². The molecule has 25 heavy (non-hydrogen) atoms. The average Bonchev–Trinajstić information content (AvgIpc) is 3.02. The Morgan fingerprint density at radius 1 is 1.36 bits per heavy atom. The lowest BCUT2D eigenvalue weighted by Crippen LogP contribution is -2.43. The molecule has 1 amide bonds. The number of piperidine rings is 1. The molecule has 0 aliphatic carbocycles. The molecule has 1 fully saturated rings. The van der Waals surface area contributed by atoms with Crippen LogP contribution in [-0.2, 0) is 0 Å². The summed E-state index contributed by atoms with van der Waals surface area (Å²) in [6.45, 7) is 6.52. The molecule has 0 unspecified atom stereocenters. The Morgan fingerprint density at radius 2 is 2.12 bits per heavy atom. The quantitative estimate of drug-likeness (QED) is 0.901. The highest BCUT2D eigenvalue weighted by atomic mass is 19.1. The van der Waals surface area contributed by atoms with Gasteiger partial charge >= 0.3 is 0 Å². The fourth-order valence-electron chi connectivity index (χ4n) is 3.13. The minimum absolute atomic E-state index is 0.0226. The number of nitrogens with zero attached hydrogens (tertiary/aromatic N) is 3. The summed E-state index contributed by atoms with van der Waals surface area (Å²) < 4.78 is 19.2. The SMILES string of the molecule is Cc1nc(-c2ccc(C(=O)N[C@H](C)CN3CCCCC3)c(F)c2)no1. The van der Waals surface area contributed by atoms with E-state index in [2.05, 4.69) is 20.4 Å². The smallest absolute Gasteiger partial charge is 0.254 e.